The zero-order chi connectivity index (χ0) is 13.9. The van der Waals surface area contributed by atoms with Gasteiger partial charge in [0.15, 0.2) is 5.76 Å². The van der Waals surface area contributed by atoms with Crippen LogP contribution in [-0.2, 0) is 0 Å². The fourth-order valence-electron chi connectivity index (χ4n) is 2.27. The molecule has 0 saturated carbocycles. The van der Waals surface area contributed by atoms with E-state index in [1.165, 1.54) is 6.26 Å². The highest BCUT2D eigenvalue weighted by atomic mass is 35.5. The fourth-order valence-corrected chi connectivity index (χ4v) is 2.43. The van der Waals surface area contributed by atoms with Crippen LogP contribution in [0.15, 0.2) is 41.0 Å². The van der Waals surface area contributed by atoms with E-state index in [9.17, 15) is 4.79 Å². The van der Waals surface area contributed by atoms with Crippen molar-refractivity contribution in [2.45, 2.75) is 0 Å². The number of hydrogen-bond acceptors (Lipinski definition) is 4. The molecule has 0 atom stereocenters. The van der Waals surface area contributed by atoms with Gasteiger partial charge in [0.05, 0.1) is 6.26 Å². The third kappa shape index (κ3) is 2.63. The van der Waals surface area contributed by atoms with E-state index < -0.39 is 0 Å². The molecule has 1 aliphatic rings. The second-order valence-corrected chi connectivity index (χ2v) is 4.96. The number of carbonyl (C=O) groups is 1. The molecule has 1 fully saturated rings. The minimum absolute atomic E-state index is 0.0614. The zero-order valence-electron chi connectivity index (χ0n) is 10.8. The summed E-state index contributed by atoms with van der Waals surface area (Å²) in [7, 11) is 0. The molecule has 1 amide bonds. The van der Waals surface area contributed by atoms with Crippen LogP contribution in [0.4, 0.5) is 5.82 Å². The number of furan rings is 1. The molecule has 5 nitrogen and oxygen atoms in total. The van der Waals surface area contributed by atoms with Gasteiger partial charge in [-0.1, -0.05) is 17.7 Å². The number of rotatable bonds is 2. The summed E-state index contributed by atoms with van der Waals surface area (Å²) in [6.45, 7) is 2.76. The number of nitrogens with zero attached hydrogens (tertiary/aromatic N) is 3. The van der Waals surface area contributed by atoms with Crippen molar-refractivity contribution in [2.75, 3.05) is 31.1 Å². The maximum Gasteiger partial charge on any atom is 0.289 e. The monoisotopic (exact) mass is 291 g/mol. The lowest BCUT2D eigenvalue weighted by atomic mass is 10.2. The van der Waals surface area contributed by atoms with E-state index in [-0.39, 0.29) is 5.91 Å². The van der Waals surface area contributed by atoms with Crippen molar-refractivity contribution < 1.29 is 9.21 Å². The lowest BCUT2D eigenvalue weighted by molar-refractivity contribution is 0.0714. The van der Waals surface area contributed by atoms with Crippen molar-refractivity contribution in [3.8, 4) is 0 Å². The highest BCUT2D eigenvalue weighted by Gasteiger charge is 2.24. The Morgan fingerprint density at radius 2 is 1.95 bits per heavy atom. The van der Waals surface area contributed by atoms with Crippen LogP contribution in [0.5, 0.6) is 0 Å². The number of anilines is 1. The van der Waals surface area contributed by atoms with Crippen LogP contribution in [-0.4, -0.2) is 42.0 Å². The molecule has 20 heavy (non-hydrogen) atoms. The third-order valence-corrected chi connectivity index (χ3v) is 3.53. The Balaban J connectivity index is 1.64. The smallest absolute Gasteiger partial charge is 0.289 e. The Hall–Kier alpha value is -2.01. The molecule has 1 saturated heterocycles. The van der Waals surface area contributed by atoms with Gasteiger partial charge in [0.25, 0.3) is 5.91 Å². The molecular formula is C14H14ClN3O2. The molecule has 3 heterocycles. The van der Waals surface area contributed by atoms with Gasteiger partial charge >= 0.3 is 0 Å². The van der Waals surface area contributed by atoms with Crippen LogP contribution in [0.1, 0.15) is 10.6 Å². The Labute approximate surface area is 121 Å². The first kappa shape index (κ1) is 13.0. The highest BCUT2D eigenvalue weighted by molar-refractivity contribution is 6.29. The molecular weight excluding hydrogens is 278 g/mol. The van der Waals surface area contributed by atoms with E-state index in [1.807, 2.05) is 12.1 Å². The van der Waals surface area contributed by atoms with Crippen LogP contribution in [0.25, 0.3) is 0 Å². The van der Waals surface area contributed by atoms with Crippen LogP contribution >= 0.6 is 11.6 Å². The van der Waals surface area contributed by atoms with Gasteiger partial charge in [-0.15, -0.1) is 0 Å². The summed E-state index contributed by atoms with van der Waals surface area (Å²) in [5, 5.41) is 0.483. The average Bonchev–Trinajstić information content (AvgIpc) is 3.01. The predicted molar refractivity (Wildman–Crippen MR) is 76.1 cm³/mol. The predicted octanol–water partition coefficient (Wildman–Crippen LogP) is 2.29. The molecule has 0 radical (unpaired) electrons. The van der Waals surface area contributed by atoms with Gasteiger partial charge in [-0.2, -0.15) is 0 Å². The van der Waals surface area contributed by atoms with E-state index in [0.717, 1.165) is 18.9 Å². The number of halogens is 1. The fraction of sp³-hybridized carbons (Fsp3) is 0.286. The molecule has 104 valence electrons. The Morgan fingerprint density at radius 3 is 2.60 bits per heavy atom. The third-order valence-electron chi connectivity index (χ3n) is 3.32. The summed E-state index contributed by atoms with van der Waals surface area (Å²) >= 11 is 5.90. The minimum Gasteiger partial charge on any atom is -0.459 e. The molecule has 0 spiro atoms. The SMILES string of the molecule is O=C(c1ccco1)N1CCN(c2cccc(Cl)n2)CC1. The number of pyridine rings is 1. The molecule has 2 aromatic rings. The van der Waals surface area contributed by atoms with Gasteiger partial charge in [0, 0.05) is 26.2 Å². The zero-order valence-corrected chi connectivity index (χ0v) is 11.6. The molecule has 0 aromatic carbocycles. The molecule has 6 heteroatoms. The summed E-state index contributed by atoms with van der Waals surface area (Å²) < 4.78 is 5.14. The molecule has 3 rings (SSSR count). The Morgan fingerprint density at radius 1 is 1.15 bits per heavy atom. The first-order valence-corrected chi connectivity index (χ1v) is 6.82. The maximum atomic E-state index is 12.1. The minimum atomic E-state index is -0.0614. The molecule has 0 aliphatic carbocycles. The molecule has 2 aromatic heterocycles. The van der Waals surface area contributed by atoms with Gasteiger partial charge in [-0.05, 0) is 24.3 Å². The second kappa shape index (κ2) is 5.54. The van der Waals surface area contributed by atoms with E-state index in [2.05, 4.69) is 9.88 Å². The summed E-state index contributed by atoms with van der Waals surface area (Å²) in [5.74, 6) is 1.18. The molecule has 1 aliphatic heterocycles. The highest BCUT2D eigenvalue weighted by Crippen LogP contribution is 2.17. The molecule has 0 bridgehead atoms. The number of hydrogen-bond donors (Lipinski definition) is 0. The van der Waals surface area contributed by atoms with E-state index >= 15 is 0 Å². The number of amides is 1. The largest absolute Gasteiger partial charge is 0.459 e. The quantitative estimate of drug-likeness (QED) is 0.797. The van der Waals surface area contributed by atoms with Crippen molar-refractivity contribution in [1.82, 2.24) is 9.88 Å². The summed E-state index contributed by atoms with van der Waals surface area (Å²) in [6.07, 6.45) is 1.51. The first-order valence-electron chi connectivity index (χ1n) is 6.44. The van der Waals surface area contributed by atoms with Crippen molar-refractivity contribution in [1.29, 1.82) is 0 Å². The molecule has 0 N–H and O–H groups in total. The topological polar surface area (TPSA) is 49.6 Å². The van der Waals surface area contributed by atoms with Crippen LogP contribution in [0.3, 0.4) is 0 Å². The van der Waals surface area contributed by atoms with E-state index in [4.69, 9.17) is 16.0 Å². The number of aromatic nitrogens is 1. The second-order valence-electron chi connectivity index (χ2n) is 4.58. The normalized spacial score (nSPS) is 15.4. The number of carbonyl (C=O) groups excluding carboxylic acids is 1. The number of piperazine rings is 1. The van der Waals surface area contributed by atoms with E-state index in [0.29, 0.717) is 24.0 Å². The van der Waals surface area contributed by atoms with Crippen molar-refractivity contribution in [2.24, 2.45) is 0 Å². The van der Waals surface area contributed by atoms with Gasteiger partial charge in [0.1, 0.15) is 11.0 Å². The van der Waals surface area contributed by atoms with Gasteiger partial charge in [-0.25, -0.2) is 4.98 Å². The lowest BCUT2D eigenvalue weighted by Crippen LogP contribution is -2.49. The summed E-state index contributed by atoms with van der Waals surface area (Å²) in [6, 6.07) is 8.97. The molecule has 0 unspecified atom stereocenters. The summed E-state index contributed by atoms with van der Waals surface area (Å²) in [5.41, 5.74) is 0. The van der Waals surface area contributed by atoms with Crippen LogP contribution < -0.4 is 4.90 Å². The Kier molecular flexibility index (Phi) is 3.60. The standard InChI is InChI=1S/C14H14ClN3O2/c15-12-4-1-5-13(16-12)17-6-8-18(9-7-17)14(19)11-3-2-10-20-11/h1-5,10H,6-9H2. The van der Waals surface area contributed by atoms with E-state index in [1.54, 1.807) is 23.1 Å². The van der Waals surface area contributed by atoms with Crippen LogP contribution in [0.2, 0.25) is 5.15 Å². The first-order chi connectivity index (χ1) is 9.74. The van der Waals surface area contributed by atoms with Gasteiger partial charge < -0.3 is 14.2 Å². The van der Waals surface area contributed by atoms with Crippen molar-refractivity contribution in [3.05, 3.63) is 47.5 Å². The van der Waals surface area contributed by atoms with Crippen molar-refractivity contribution >= 4 is 23.3 Å². The summed E-state index contributed by atoms with van der Waals surface area (Å²) in [4.78, 5) is 20.3. The maximum absolute atomic E-state index is 12.1. The van der Waals surface area contributed by atoms with Gasteiger partial charge in [0.2, 0.25) is 0 Å². The Bertz CT molecular complexity index is 592. The van der Waals surface area contributed by atoms with Crippen molar-refractivity contribution in [3.63, 3.8) is 0 Å². The lowest BCUT2D eigenvalue weighted by Gasteiger charge is -2.35. The van der Waals surface area contributed by atoms with Gasteiger partial charge in [-0.3, -0.25) is 4.79 Å². The average molecular weight is 292 g/mol. The van der Waals surface area contributed by atoms with Crippen LogP contribution in [0, 0.1) is 0 Å².